The van der Waals surface area contributed by atoms with Gasteiger partial charge in [0.25, 0.3) is 0 Å². The van der Waals surface area contributed by atoms with E-state index in [1.807, 2.05) is 25.1 Å². The van der Waals surface area contributed by atoms with E-state index in [1.165, 1.54) is 22.9 Å². The van der Waals surface area contributed by atoms with Crippen LogP contribution < -0.4 is 0 Å². The lowest BCUT2D eigenvalue weighted by atomic mass is 10.0. The molecule has 0 bridgehead atoms. The van der Waals surface area contributed by atoms with Gasteiger partial charge in [-0.1, -0.05) is 59.8 Å². The van der Waals surface area contributed by atoms with Crippen molar-refractivity contribution >= 4 is 50.9 Å². The monoisotopic (exact) mass is 468 g/mol. The van der Waals surface area contributed by atoms with E-state index in [-0.39, 0.29) is 12.6 Å². The Bertz CT molecular complexity index is 1260. The van der Waals surface area contributed by atoms with E-state index >= 15 is 0 Å². The predicted molar refractivity (Wildman–Crippen MR) is 129 cm³/mol. The van der Waals surface area contributed by atoms with Crippen LogP contribution in [0.1, 0.15) is 23.6 Å². The highest BCUT2D eigenvalue weighted by Gasteiger charge is 2.21. The van der Waals surface area contributed by atoms with Crippen LogP contribution in [0.15, 0.2) is 59.2 Å². The standard InChI is InChI=1S/C24H21ClN2O2S2/c1-14-8-9-17(10-15(14)2)19-12-30-22-21(19)23(27-13-26-22)31-16(3)24(28)29-11-18-6-4-5-7-20(18)25/h4-10,12-13,16H,11H2,1-3H3. The van der Waals surface area contributed by atoms with Gasteiger partial charge in [0.1, 0.15) is 28.0 Å². The first-order valence-electron chi connectivity index (χ1n) is 9.80. The normalized spacial score (nSPS) is 12.1. The molecule has 7 heteroatoms. The zero-order valence-electron chi connectivity index (χ0n) is 17.4. The summed E-state index contributed by atoms with van der Waals surface area (Å²) in [6.45, 7) is 6.19. The Morgan fingerprint density at radius 3 is 2.74 bits per heavy atom. The molecule has 4 rings (SSSR count). The lowest BCUT2D eigenvalue weighted by molar-refractivity contribution is -0.143. The number of aryl methyl sites for hydroxylation is 2. The SMILES string of the molecule is Cc1ccc(-c2csc3ncnc(SC(C)C(=O)OCc4ccccc4Cl)c23)cc1C. The van der Waals surface area contributed by atoms with Crippen LogP contribution in [0.25, 0.3) is 21.3 Å². The van der Waals surface area contributed by atoms with E-state index in [1.54, 1.807) is 23.7 Å². The van der Waals surface area contributed by atoms with Crippen LogP contribution in [0, 0.1) is 13.8 Å². The van der Waals surface area contributed by atoms with E-state index in [0.29, 0.717) is 5.02 Å². The molecule has 0 aliphatic carbocycles. The summed E-state index contributed by atoms with van der Waals surface area (Å²) in [6.07, 6.45) is 1.55. The number of carbonyl (C=O) groups is 1. The third-order valence-electron chi connectivity index (χ3n) is 5.10. The fourth-order valence-corrected chi connectivity index (χ4v) is 5.26. The molecule has 0 spiro atoms. The fraction of sp³-hybridized carbons (Fsp3) is 0.208. The number of ether oxygens (including phenoxy) is 1. The average molecular weight is 469 g/mol. The molecule has 0 fully saturated rings. The smallest absolute Gasteiger partial charge is 0.319 e. The Labute approximate surface area is 194 Å². The van der Waals surface area contributed by atoms with Gasteiger partial charge >= 0.3 is 5.97 Å². The molecule has 2 aromatic carbocycles. The average Bonchev–Trinajstić information content (AvgIpc) is 3.20. The van der Waals surface area contributed by atoms with Crippen molar-refractivity contribution in [2.75, 3.05) is 0 Å². The number of benzene rings is 2. The zero-order chi connectivity index (χ0) is 22.0. The quantitative estimate of drug-likeness (QED) is 0.176. The van der Waals surface area contributed by atoms with Gasteiger partial charge in [0.2, 0.25) is 0 Å². The molecular formula is C24H21ClN2O2S2. The van der Waals surface area contributed by atoms with Crippen molar-refractivity contribution in [1.82, 2.24) is 9.97 Å². The Kier molecular flexibility index (Phi) is 6.60. The Morgan fingerprint density at radius 2 is 1.97 bits per heavy atom. The molecule has 4 aromatic rings. The maximum atomic E-state index is 12.6. The summed E-state index contributed by atoms with van der Waals surface area (Å²) in [7, 11) is 0. The fourth-order valence-electron chi connectivity index (χ4n) is 3.16. The number of rotatable bonds is 6. The molecule has 0 radical (unpaired) electrons. The highest BCUT2D eigenvalue weighted by Crippen LogP contribution is 2.39. The molecule has 0 amide bonds. The summed E-state index contributed by atoms with van der Waals surface area (Å²) in [5, 5.41) is 4.03. The molecule has 4 nitrogen and oxygen atoms in total. The molecule has 1 unspecified atom stereocenters. The molecule has 2 heterocycles. The lowest BCUT2D eigenvalue weighted by Gasteiger charge is -2.13. The van der Waals surface area contributed by atoms with E-state index in [4.69, 9.17) is 16.3 Å². The first-order valence-corrected chi connectivity index (χ1v) is 11.9. The predicted octanol–water partition coefficient (Wildman–Crippen LogP) is 6.85. The van der Waals surface area contributed by atoms with Crippen LogP contribution in [0.3, 0.4) is 0 Å². The van der Waals surface area contributed by atoms with Crippen molar-refractivity contribution in [2.24, 2.45) is 0 Å². The number of hydrogen-bond acceptors (Lipinski definition) is 6. The zero-order valence-corrected chi connectivity index (χ0v) is 19.8. The third-order valence-corrected chi connectivity index (χ3v) is 7.44. The molecule has 0 saturated carbocycles. The first-order chi connectivity index (χ1) is 14.9. The van der Waals surface area contributed by atoms with Gasteiger partial charge in [0.05, 0.1) is 5.39 Å². The van der Waals surface area contributed by atoms with Gasteiger partial charge in [0.15, 0.2) is 0 Å². The van der Waals surface area contributed by atoms with Crippen LogP contribution in [-0.2, 0) is 16.1 Å². The van der Waals surface area contributed by atoms with E-state index in [2.05, 4.69) is 47.4 Å². The van der Waals surface area contributed by atoms with E-state index in [0.717, 1.165) is 31.9 Å². The van der Waals surface area contributed by atoms with Gasteiger partial charge in [-0.3, -0.25) is 4.79 Å². The molecule has 0 aliphatic rings. The first kappa shape index (κ1) is 21.8. The van der Waals surface area contributed by atoms with Crippen molar-refractivity contribution in [1.29, 1.82) is 0 Å². The summed E-state index contributed by atoms with van der Waals surface area (Å²) in [4.78, 5) is 22.4. The summed E-state index contributed by atoms with van der Waals surface area (Å²) < 4.78 is 5.50. The minimum Gasteiger partial charge on any atom is -0.460 e. The number of thiophene rings is 1. The minimum absolute atomic E-state index is 0.148. The maximum absolute atomic E-state index is 12.6. The van der Waals surface area contributed by atoms with Crippen LogP contribution in [0.5, 0.6) is 0 Å². The lowest BCUT2D eigenvalue weighted by Crippen LogP contribution is -2.17. The number of fused-ring (bicyclic) bond motifs is 1. The van der Waals surface area contributed by atoms with E-state index in [9.17, 15) is 4.79 Å². The highest BCUT2D eigenvalue weighted by molar-refractivity contribution is 8.00. The van der Waals surface area contributed by atoms with Gasteiger partial charge in [-0.25, -0.2) is 9.97 Å². The van der Waals surface area contributed by atoms with Gasteiger partial charge in [-0.2, -0.15) is 0 Å². The van der Waals surface area contributed by atoms with Crippen LogP contribution in [0.4, 0.5) is 0 Å². The number of hydrogen-bond donors (Lipinski definition) is 0. The summed E-state index contributed by atoms with van der Waals surface area (Å²) >= 11 is 9.13. The molecule has 158 valence electrons. The van der Waals surface area contributed by atoms with Gasteiger partial charge < -0.3 is 4.74 Å². The number of halogens is 1. The summed E-state index contributed by atoms with van der Waals surface area (Å²) in [5.41, 5.74) is 5.49. The number of esters is 1. The molecule has 2 aromatic heterocycles. The van der Waals surface area contributed by atoms with Crippen molar-refractivity contribution in [2.45, 2.75) is 37.7 Å². The minimum atomic E-state index is -0.423. The topological polar surface area (TPSA) is 52.1 Å². The third kappa shape index (κ3) is 4.76. The number of aromatic nitrogens is 2. The Balaban J connectivity index is 1.56. The van der Waals surface area contributed by atoms with Crippen molar-refractivity contribution in [3.63, 3.8) is 0 Å². The largest absolute Gasteiger partial charge is 0.460 e. The van der Waals surface area contributed by atoms with Gasteiger partial charge in [-0.05, 0) is 43.5 Å². The van der Waals surface area contributed by atoms with Crippen LogP contribution in [-0.4, -0.2) is 21.2 Å². The second kappa shape index (κ2) is 9.39. The van der Waals surface area contributed by atoms with Gasteiger partial charge in [0, 0.05) is 21.5 Å². The maximum Gasteiger partial charge on any atom is 0.319 e. The number of nitrogens with zero attached hydrogens (tertiary/aromatic N) is 2. The molecule has 0 saturated heterocycles. The molecule has 1 atom stereocenters. The molecule has 0 N–H and O–H groups in total. The highest BCUT2D eigenvalue weighted by atomic mass is 35.5. The second-order valence-corrected chi connectivity index (χ2v) is 9.86. The Hall–Kier alpha value is -2.41. The Morgan fingerprint density at radius 1 is 1.16 bits per heavy atom. The molecule has 31 heavy (non-hydrogen) atoms. The molecular weight excluding hydrogens is 448 g/mol. The molecule has 0 aliphatic heterocycles. The van der Waals surface area contributed by atoms with Crippen LogP contribution >= 0.6 is 34.7 Å². The van der Waals surface area contributed by atoms with Gasteiger partial charge in [-0.15, -0.1) is 11.3 Å². The van der Waals surface area contributed by atoms with E-state index < -0.39 is 5.25 Å². The second-order valence-electron chi connectivity index (χ2n) is 7.27. The summed E-state index contributed by atoms with van der Waals surface area (Å²) in [5.74, 6) is -0.306. The summed E-state index contributed by atoms with van der Waals surface area (Å²) in [6, 6.07) is 13.8. The number of carbonyl (C=O) groups excluding carboxylic acids is 1. The van der Waals surface area contributed by atoms with Crippen LogP contribution in [0.2, 0.25) is 5.02 Å². The van der Waals surface area contributed by atoms with Crippen molar-refractivity contribution < 1.29 is 9.53 Å². The van der Waals surface area contributed by atoms with Crippen molar-refractivity contribution in [3.05, 3.63) is 75.9 Å². The van der Waals surface area contributed by atoms with Crippen molar-refractivity contribution in [3.8, 4) is 11.1 Å². The number of thioether (sulfide) groups is 1.